The van der Waals surface area contributed by atoms with Crippen molar-refractivity contribution >= 4 is 10.0 Å². The number of benzene rings is 1. The Bertz CT molecular complexity index is 545. The Morgan fingerprint density at radius 3 is 2.33 bits per heavy atom. The summed E-state index contributed by atoms with van der Waals surface area (Å²) in [6.45, 7) is 2.75. The zero-order valence-electron chi connectivity index (χ0n) is 12.6. The minimum Gasteiger partial charge on any atom is -0.396 e. The van der Waals surface area contributed by atoms with Crippen molar-refractivity contribution in [1.29, 1.82) is 0 Å². The molecule has 4 nitrogen and oxygen atoms in total. The molecule has 0 spiro atoms. The fraction of sp³-hybridized carbons (Fsp3) is 0.625. The fourth-order valence-corrected chi connectivity index (χ4v) is 4.23. The van der Waals surface area contributed by atoms with Crippen molar-refractivity contribution in [3.63, 3.8) is 0 Å². The quantitative estimate of drug-likeness (QED) is 0.813. The topological polar surface area (TPSA) is 66.4 Å². The van der Waals surface area contributed by atoms with Crippen LogP contribution in [0.5, 0.6) is 0 Å². The van der Waals surface area contributed by atoms with E-state index in [1.807, 2.05) is 0 Å². The Hall–Kier alpha value is -0.910. The molecule has 1 fully saturated rings. The van der Waals surface area contributed by atoms with Gasteiger partial charge in [0.25, 0.3) is 0 Å². The van der Waals surface area contributed by atoms with E-state index in [-0.39, 0.29) is 12.0 Å². The van der Waals surface area contributed by atoms with Gasteiger partial charge in [-0.25, -0.2) is 13.1 Å². The molecule has 2 N–H and O–H groups in total. The first kappa shape index (κ1) is 16.5. The molecule has 0 bridgehead atoms. The SMILES string of the molecule is CCC1(CNS(=O)(=O)c2ccc(CCO)cc2)CCCC1. The fourth-order valence-electron chi connectivity index (χ4n) is 3.08. The maximum absolute atomic E-state index is 12.4. The summed E-state index contributed by atoms with van der Waals surface area (Å²) in [5.41, 5.74) is 1.08. The van der Waals surface area contributed by atoms with E-state index in [1.165, 1.54) is 12.8 Å². The van der Waals surface area contributed by atoms with Gasteiger partial charge >= 0.3 is 0 Å². The molecule has 1 aliphatic rings. The Balaban J connectivity index is 2.04. The third-order valence-corrected chi connectivity index (χ3v) is 6.10. The van der Waals surface area contributed by atoms with E-state index in [1.54, 1.807) is 24.3 Å². The third kappa shape index (κ3) is 4.05. The Morgan fingerprint density at radius 2 is 1.81 bits per heavy atom. The molecule has 2 rings (SSSR count). The summed E-state index contributed by atoms with van der Waals surface area (Å²) < 4.78 is 27.5. The molecule has 1 saturated carbocycles. The molecule has 0 heterocycles. The summed E-state index contributed by atoms with van der Waals surface area (Å²) in [4.78, 5) is 0.299. The highest BCUT2D eigenvalue weighted by molar-refractivity contribution is 7.89. The first-order valence-corrected chi connectivity index (χ1v) is 9.19. The van der Waals surface area contributed by atoms with Crippen molar-refractivity contribution in [1.82, 2.24) is 4.72 Å². The average molecular weight is 311 g/mol. The highest BCUT2D eigenvalue weighted by Gasteiger charge is 2.33. The molecule has 0 amide bonds. The van der Waals surface area contributed by atoms with E-state index in [2.05, 4.69) is 11.6 Å². The second-order valence-electron chi connectivity index (χ2n) is 6.00. The Morgan fingerprint density at radius 1 is 1.19 bits per heavy atom. The molecular formula is C16H25NO3S. The van der Waals surface area contributed by atoms with Crippen LogP contribution in [0.15, 0.2) is 29.2 Å². The van der Waals surface area contributed by atoms with Gasteiger partial charge in [0.2, 0.25) is 10.0 Å². The van der Waals surface area contributed by atoms with Crippen LogP contribution in [0.2, 0.25) is 0 Å². The van der Waals surface area contributed by atoms with Crippen molar-refractivity contribution in [2.24, 2.45) is 5.41 Å². The molecule has 0 atom stereocenters. The van der Waals surface area contributed by atoms with Crippen LogP contribution in [0.25, 0.3) is 0 Å². The largest absolute Gasteiger partial charge is 0.396 e. The molecule has 21 heavy (non-hydrogen) atoms. The van der Waals surface area contributed by atoms with E-state index < -0.39 is 10.0 Å². The minimum atomic E-state index is -3.44. The molecule has 5 heteroatoms. The van der Waals surface area contributed by atoms with Gasteiger partial charge in [-0.15, -0.1) is 0 Å². The normalized spacial score (nSPS) is 18.0. The second kappa shape index (κ2) is 6.90. The summed E-state index contributed by atoms with van der Waals surface area (Å²) >= 11 is 0. The van der Waals surface area contributed by atoms with E-state index in [0.29, 0.717) is 17.9 Å². The predicted octanol–water partition coefficient (Wildman–Crippen LogP) is 2.47. The van der Waals surface area contributed by atoms with Crippen LogP contribution in [-0.2, 0) is 16.4 Å². The van der Waals surface area contributed by atoms with Crippen LogP contribution in [0.1, 0.15) is 44.6 Å². The van der Waals surface area contributed by atoms with Crippen molar-refractivity contribution in [3.05, 3.63) is 29.8 Å². The van der Waals surface area contributed by atoms with Crippen molar-refractivity contribution in [3.8, 4) is 0 Å². The van der Waals surface area contributed by atoms with Gasteiger partial charge in [-0.05, 0) is 48.8 Å². The molecule has 0 saturated heterocycles. The maximum Gasteiger partial charge on any atom is 0.240 e. The minimum absolute atomic E-state index is 0.0728. The number of sulfonamides is 1. The first-order chi connectivity index (χ1) is 10.0. The first-order valence-electron chi connectivity index (χ1n) is 7.71. The number of aliphatic hydroxyl groups is 1. The monoisotopic (exact) mass is 311 g/mol. The van der Waals surface area contributed by atoms with Crippen LogP contribution >= 0.6 is 0 Å². The third-order valence-electron chi connectivity index (χ3n) is 4.69. The van der Waals surface area contributed by atoms with Gasteiger partial charge < -0.3 is 5.11 Å². The van der Waals surface area contributed by atoms with Crippen LogP contribution in [0.3, 0.4) is 0 Å². The lowest BCUT2D eigenvalue weighted by Gasteiger charge is -2.27. The summed E-state index contributed by atoms with van der Waals surface area (Å²) in [6, 6.07) is 6.74. The van der Waals surface area contributed by atoms with Crippen LogP contribution < -0.4 is 4.72 Å². The van der Waals surface area contributed by atoms with Crippen LogP contribution in [0, 0.1) is 5.41 Å². The van der Waals surface area contributed by atoms with Gasteiger partial charge in [-0.3, -0.25) is 0 Å². The van der Waals surface area contributed by atoms with Gasteiger partial charge in [0.15, 0.2) is 0 Å². The Labute approximate surface area is 127 Å². The summed E-state index contributed by atoms with van der Waals surface area (Å²) in [7, 11) is -3.44. The Kier molecular flexibility index (Phi) is 5.41. The number of hydrogen-bond acceptors (Lipinski definition) is 3. The molecule has 1 aliphatic carbocycles. The molecule has 1 aromatic rings. The number of aliphatic hydroxyl groups excluding tert-OH is 1. The summed E-state index contributed by atoms with van der Waals surface area (Å²) in [6.07, 6.45) is 6.19. The molecule has 1 aromatic carbocycles. The highest BCUT2D eigenvalue weighted by Crippen LogP contribution is 2.40. The summed E-state index contributed by atoms with van der Waals surface area (Å²) in [5, 5.41) is 8.88. The van der Waals surface area contributed by atoms with Crippen molar-refractivity contribution in [2.75, 3.05) is 13.2 Å². The van der Waals surface area contributed by atoms with E-state index >= 15 is 0 Å². The number of rotatable bonds is 7. The van der Waals surface area contributed by atoms with Gasteiger partial charge in [0, 0.05) is 13.2 Å². The lowest BCUT2D eigenvalue weighted by molar-refractivity contribution is 0.285. The van der Waals surface area contributed by atoms with Gasteiger partial charge in [0.1, 0.15) is 0 Å². The molecular weight excluding hydrogens is 286 g/mol. The number of hydrogen-bond donors (Lipinski definition) is 2. The lowest BCUT2D eigenvalue weighted by atomic mass is 9.84. The zero-order chi connectivity index (χ0) is 15.3. The van der Waals surface area contributed by atoms with Crippen molar-refractivity contribution in [2.45, 2.75) is 50.3 Å². The molecule has 0 radical (unpaired) electrons. The smallest absolute Gasteiger partial charge is 0.240 e. The van der Waals surface area contributed by atoms with E-state index in [0.717, 1.165) is 24.8 Å². The molecule has 0 aliphatic heterocycles. The van der Waals surface area contributed by atoms with Crippen LogP contribution in [-0.4, -0.2) is 26.7 Å². The lowest BCUT2D eigenvalue weighted by Crippen LogP contribution is -2.35. The maximum atomic E-state index is 12.4. The number of nitrogens with one attached hydrogen (secondary N) is 1. The van der Waals surface area contributed by atoms with E-state index in [4.69, 9.17) is 5.11 Å². The van der Waals surface area contributed by atoms with Gasteiger partial charge in [-0.2, -0.15) is 0 Å². The van der Waals surface area contributed by atoms with Gasteiger partial charge in [-0.1, -0.05) is 31.9 Å². The van der Waals surface area contributed by atoms with Crippen molar-refractivity contribution < 1.29 is 13.5 Å². The zero-order valence-corrected chi connectivity index (χ0v) is 13.5. The molecule has 118 valence electrons. The van der Waals surface area contributed by atoms with E-state index in [9.17, 15) is 8.42 Å². The summed E-state index contributed by atoms with van der Waals surface area (Å²) in [5.74, 6) is 0. The standard InChI is InChI=1S/C16H25NO3S/c1-2-16(10-3-4-11-16)13-17-21(19,20)15-7-5-14(6-8-15)9-12-18/h5-8,17-18H,2-4,9-13H2,1H3. The molecule has 0 aromatic heterocycles. The van der Waals surface area contributed by atoms with Crippen LogP contribution in [0.4, 0.5) is 0 Å². The predicted molar refractivity (Wildman–Crippen MR) is 83.6 cm³/mol. The highest BCUT2D eigenvalue weighted by atomic mass is 32.2. The van der Waals surface area contributed by atoms with Gasteiger partial charge in [0.05, 0.1) is 4.90 Å². The molecule has 0 unspecified atom stereocenters. The average Bonchev–Trinajstić information content (AvgIpc) is 2.96. The second-order valence-corrected chi connectivity index (χ2v) is 7.77.